The maximum Gasteiger partial charge on any atom is 0.335 e. The highest BCUT2D eigenvalue weighted by Gasteiger charge is 2.22. The van der Waals surface area contributed by atoms with Gasteiger partial charge < -0.3 is 13.9 Å². The Labute approximate surface area is 201 Å². The number of aromatic carboxylic acids is 1. The number of nitriles is 1. The molecule has 2 heterocycles. The second kappa shape index (κ2) is 9.38. The third kappa shape index (κ3) is 4.39. The molecule has 0 aliphatic rings. The zero-order valence-corrected chi connectivity index (χ0v) is 18.4. The third-order valence-corrected chi connectivity index (χ3v) is 5.45. The molecule has 3 aromatic carbocycles. The number of nitrogens with zero attached hydrogens (tertiary/aromatic N) is 2. The van der Waals surface area contributed by atoms with Crippen molar-refractivity contribution in [1.82, 2.24) is 0 Å². The maximum absolute atomic E-state index is 11.1. The minimum Gasteiger partial charge on any atom is -0.478 e. The average Bonchev–Trinajstić information content (AvgIpc) is 3.53. The predicted molar refractivity (Wildman–Crippen MR) is 133 cm³/mol. The standard InChI is InChI=1S/C29H18N2O4/c30-17-24-26(20-7-3-1-4-8-20)27(21-9-5-2-6-10-21)35-28(24)31-18-23-15-16-25(34-23)19-11-13-22(14-12-19)29(32)33/h1-16,18H,(H,32,33). The zero-order chi connectivity index (χ0) is 24.2. The molecular weight excluding hydrogens is 440 g/mol. The molecule has 0 saturated heterocycles. The summed E-state index contributed by atoms with van der Waals surface area (Å²) in [5.41, 5.74) is 3.66. The smallest absolute Gasteiger partial charge is 0.335 e. The van der Waals surface area contributed by atoms with Crippen molar-refractivity contribution in [3.05, 3.63) is 114 Å². The summed E-state index contributed by atoms with van der Waals surface area (Å²) in [7, 11) is 0. The Hall–Kier alpha value is -5.15. The molecule has 6 heteroatoms. The van der Waals surface area contributed by atoms with E-state index in [9.17, 15) is 10.1 Å². The van der Waals surface area contributed by atoms with Crippen LogP contribution in [0.3, 0.4) is 0 Å². The molecule has 5 rings (SSSR count). The summed E-state index contributed by atoms with van der Waals surface area (Å²) in [5, 5.41) is 19.0. The Morgan fingerprint density at radius 3 is 2.09 bits per heavy atom. The van der Waals surface area contributed by atoms with Gasteiger partial charge in [-0.15, -0.1) is 0 Å². The SMILES string of the molecule is N#Cc1c(N=Cc2ccc(-c3ccc(C(=O)O)cc3)o2)oc(-c2ccccc2)c1-c1ccccc1. The van der Waals surface area contributed by atoms with Crippen molar-refractivity contribution < 1.29 is 18.7 Å². The summed E-state index contributed by atoms with van der Waals surface area (Å²) < 4.78 is 12.0. The van der Waals surface area contributed by atoms with Gasteiger partial charge in [-0.05, 0) is 29.8 Å². The second-order valence-corrected chi connectivity index (χ2v) is 7.67. The number of aliphatic imine (C=N–C) groups is 1. The normalized spacial score (nSPS) is 10.9. The van der Waals surface area contributed by atoms with E-state index < -0.39 is 5.97 Å². The average molecular weight is 458 g/mol. The van der Waals surface area contributed by atoms with Crippen LogP contribution in [0.4, 0.5) is 5.88 Å². The Morgan fingerprint density at radius 2 is 1.46 bits per heavy atom. The minimum absolute atomic E-state index is 0.189. The van der Waals surface area contributed by atoms with Gasteiger partial charge in [0.25, 0.3) is 0 Å². The molecule has 0 saturated carbocycles. The fourth-order valence-electron chi connectivity index (χ4n) is 3.76. The van der Waals surface area contributed by atoms with Crippen LogP contribution in [-0.4, -0.2) is 17.3 Å². The summed E-state index contributed by atoms with van der Waals surface area (Å²) in [6, 6.07) is 31.4. The van der Waals surface area contributed by atoms with E-state index in [1.54, 1.807) is 24.3 Å². The van der Waals surface area contributed by atoms with Gasteiger partial charge in [-0.25, -0.2) is 9.79 Å². The van der Waals surface area contributed by atoms with Crippen LogP contribution in [0.2, 0.25) is 0 Å². The van der Waals surface area contributed by atoms with Crippen LogP contribution in [0.1, 0.15) is 21.7 Å². The molecule has 5 aromatic rings. The predicted octanol–water partition coefficient (Wildman–Crippen LogP) is 7.19. The lowest BCUT2D eigenvalue weighted by atomic mass is 9.98. The van der Waals surface area contributed by atoms with Crippen LogP contribution < -0.4 is 0 Å². The van der Waals surface area contributed by atoms with Crippen molar-refractivity contribution in [2.75, 3.05) is 0 Å². The summed E-state index contributed by atoms with van der Waals surface area (Å²) in [6.45, 7) is 0. The van der Waals surface area contributed by atoms with E-state index in [1.807, 2.05) is 60.7 Å². The fraction of sp³-hybridized carbons (Fsp3) is 0. The van der Waals surface area contributed by atoms with E-state index in [4.69, 9.17) is 13.9 Å². The highest BCUT2D eigenvalue weighted by Crippen LogP contribution is 2.42. The van der Waals surface area contributed by atoms with Crippen molar-refractivity contribution in [3.63, 3.8) is 0 Å². The summed E-state index contributed by atoms with van der Waals surface area (Å²) >= 11 is 0. The number of benzene rings is 3. The van der Waals surface area contributed by atoms with Gasteiger partial charge in [-0.3, -0.25) is 0 Å². The van der Waals surface area contributed by atoms with Crippen LogP contribution in [-0.2, 0) is 0 Å². The van der Waals surface area contributed by atoms with Crippen LogP contribution in [0, 0.1) is 11.3 Å². The van der Waals surface area contributed by atoms with Crippen molar-refractivity contribution in [2.45, 2.75) is 0 Å². The Bertz CT molecular complexity index is 1550. The molecule has 2 aromatic heterocycles. The third-order valence-electron chi connectivity index (χ3n) is 5.45. The first-order valence-electron chi connectivity index (χ1n) is 10.8. The topological polar surface area (TPSA) is 99.7 Å². The summed E-state index contributed by atoms with van der Waals surface area (Å²) in [4.78, 5) is 15.5. The van der Waals surface area contributed by atoms with Crippen LogP contribution >= 0.6 is 0 Å². The second-order valence-electron chi connectivity index (χ2n) is 7.67. The molecule has 6 nitrogen and oxygen atoms in total. The lowest BCUT2D eigenvalue weighted by Gasteiger charge is -2.03. The lowest BCUT2D eigenvalue weighted by molar-refractivity contribution is 0.0697. The van der Waals surface area contributed by atoms with Crippen LogP contribution in [0.15, 0.2) is 111 Å². The van der Waals surface area contributed by atoms with E-state index >= 15 is 0 Å². The molecule has 0 bridgehead atoms. The monoisotopic (exact) mass is 458 g/mol. The molecule has 1 N–H and O–H groups in total. The van der Waals surface area contributed by atoms with Crippen molar-refractivity contribution in [2.24, 2.45) is 4.99 Å². The van der Waals surface area contributed by atoms with E-state index in [2.05, 4.69) is 11.1 Å². The fourth-order valence-corrected chi connectivity index (χ4v) is 3.76. The van der Waals surface area contributed by atoms with Crippen molar-refractivity contribution in [3.8, 4) is 39.8 Å². The number of hydrogen-bond acceptors (Lipinski definition) is 5. The van der Waals surface area contributed by atoms with Crippen LogP contribution in [0.5, 0.6) is 0 Å². The van der Waals surface area contributed by atoms with E-state index in [1.165, 1.54) is 18.3 Å². The zero-order valence-electron chi connectivity index (χ0n) is 18.4. The van der Waals surface area contributed by atoms with Gasteiger partial charge in [0.15, 0.2) is 0 Å². The molecule has 0 aliphatic carbocycles. The first-order valence-corrected chi connectivity index (χ1v) is 10.8. The Balaban J connectivity index is 1.51. The number of carbonyl (C=O) groups is 1. The quantitative estimate of drug-likeness (QED) is 0.271. The first-order chi connectivity index (χ1) is 17.1. The van der Waals surface area contributed by atoms with Crippen molar-refractivity contribution >= 4 is 18.1 Å². The number of carboxylic acids is 1. The molecule has 0 aliphatic heterocycles. The molecular formula is C29H18N2O4. The van der Waals surface area contributed by atoms with Gasteiger partial charge in [-0.1, -0.05) is 72.8 Å². The van der Waals surface area contributed by atoms with Crippen LogP contribution in [0.25, 0.3) is 33.8 Å². The molecule has 168 valence electrons. The molecule has 35 heavy (non-hydrogen) atoms. The van der Waals surface area contributed by atoms with Gasteiger partial charge in [0.2, 0.25) is 5.88 Å². The number of carboxylic acid groups (broad SMARTS) is 1. The number of hydrogen-bond donors (Lipinski definition) is 1. The largest absolute Gasteiger partial charge is 0.478 e. The van der Waals surface area contributed by atoms with Gasteiger partial charge >= 0.3 is 5.97 Å². The molecule has 0 radical (unpaired) electrons. The molecule has 0 spiro atoms. The molecule has 0 unspecified atom stereocenters. The highest BCUT2D eigenvalue weighted by atomic mass is 16.4. The van der Waals surface area contributed by atoms with Gasteiger partial charge in [0.05, 0.1) is 11.8 Å². The maximum atomic E-state index is 11.1. The Morgan fingerprint density at radius 1 is 0.800 bits per heavy atom. The van der Waals surface area contributed by atoms with E-state index in [-0.39, 0.29) is 11.4 Å². The number of rotatable bonds is 6. The first kappa shape index (κ1) is 21.7. The van der Waals surface area contributed by atoms with Gasteiger partial charge in [0.1, 0.15) is 28.9 Å². The summed E-state index contributed by atoms with van der Waals surface area (Å²) in [6.07, 6.45) is 1.50. The molecule has 0 atom stereocenters. The highest BCUT2D eigenvalue weighted by molar-refractivity contribution is 5.90. The summed E-state index contributed by atoms with van der Waals surface area (Å²) in [5.74, 6) is 0.803. The van der Waals surface area contributed by atoms with E-state index in [0.29, 0.717) is 28.4 Å². The minimum atomic E-state index is -0.986. The van der Waals surface area contributed by atoms with Gasteiger partial charge in [-0.2, -0.15) is 5.26 Å². The van der Waals surface area contributed by atoms with Gasteiger partial charge in [0, 0.05) is 16.7 Å². The lowest BCUT2D eigenvalue weighted by Crippen LogP contribution is -1.94. The van der Waals surface area contributed by atoms with Crippen molar-refractivity contribution in [1.29, 1.82) is 5.26 Å². The molecule has 0 amide bonds. The molecule has 0 fully saturated rings. The Kier molecular flexibility index (Phi) is 5.81. The number of furan rings is 2. The van der Waals surface area contributed by atoms with E-state index in [0.717, 1.165) is 16.7 Å².